The van der Waals surface area contributed by atoms with E-state index in [1.807, 2.05) is 0 Å². The van der Waals surface area contributed by atoms with Crippen molar-refractivity contribution in [3.63, 3.8) is 0 Å². The maximum absolute atomic E-state index is 12.7. The quantitative estimate of drug-likeness (QED) is 0.0337. The Bertz CT molecular complexity index is 787. The lowest BCUT2D eigenvalue weighted by molar-refractivity contribution is -0.150. The number of carboxylic acid groups (broad SMARTS) is 1. The van der Waals surface area contributed by atoms with Crippen LogP contribution in [0.2, 0.25) is 0 Å². The molecule has 0 rings (SSSR count). The van der Waals surface area contributed by atoms with Gasteiger partial charge in [-0.3, -0.25) is 9.59 Å². The molecule has 2 unspecified atom stereocenters. The van der Waals surface area contributed by atoms with Gasteiger partial charge in [0.15, 0.2) is 0 Å². The molecule has 49 heavy (non-hydrogen) atoms. The molecular formula is C42H80N2O5. The third kappa shape index (κ3) is 34.3. The lowest BCUT2D eigenvalue weighted by Gasteiger charge is -2.18. The highest BCUT2D eigenvalue weighted by Gasteiger charge is 2.19. The fourth-order valence-corrected chi connectivity index (χ4v) is 6.37. The molecule has 7 nitrogen and oxygen atoms in total. The summed E-state index contributed by atoms with van der Waals surface area (Å²) in [5.74, 6) is -1.23. The van der Waals surface area contributed by atoms with Crippen LogP contribution >= 0.6 is 0 Å². The maximum Gasteiger partial charge on any atom is 0.326 e. The summed E-state index contributed by atoms with van der Waals surface area (Å²) in [6.45, 7) is 4.92. The van der Waals surface area contributed by atoms with E-state index in [1.165, 1.54) is 116 Å². The summed E-state index contributed by atoms with van der Waals surface area (Å²) in [6, 6.07) is -0.853. The van der Waals surface area contributed by atoms with Gasteiger partial charge < -0.3 is 20.9 Å². The first-order chi connectivity index (χ1) is 23.9. The average molecular weight is 693 g/mol. The number of ether oxygens (including phenoxy) is 1. The van der Waals surface area contributed by atoms with E-state index < -0.39 is 12.0 Å². The van der Waals surface area contributed by atoms with Gasteiger partial charge in [-0.15, -0.1) is 0 Å². The highest BCUT2D eigenvalue weighted by Crippen LogP contribution is 2.19. The van der Waals surface area contributed by atoms with Crippen LogP contribution < -0.4 is 11.1 Å². The summed E-state index contributed by atoms with van der Waals surface area (Å²) < 4.78 is 6.03. The van der Waals surface area contributed by atoms with Crippen LogP contribution in [0.1, 0.15) is 219 Å². The van der Waals surface area contributed by atoms with E-state index in [0.29, 0.717) is 32.2 Å². The number of nitrogens with two attached hydrogens (primary N) is 1. The number of rotatable bonds is 38. The molecule has 0 aromatic heterocycles. The standard InChI is InChI=1S/C42H80N2O5/c1-3-5-7-9-11-13-15-17-18-20-23-27-32-38(49-41(46)36-30-26-21-19-16-14-12-10-8-6-4-2)33-28-24-22-25-29-35-40(45)44-39(42(47)48)34-31-37-43/h10,12,38-39H,3-9,11,13-37,43H2,1-2H3,(H,44,45)(H,47,48)/b12-10-. The van der Waals surface area contributed by atoms with E-state index in [0.717, 1.165) is 64.2 Å². The molecule has 288 valence electrons. The van der Waals surface area contributed by atoms with Crippen LogP contribution in [0.3, 0.4) is 0 Å². The molecule has 0 bridgehead atoms. The van der Waals surface area contributed by atoms with Crippen LogP contribution in [0.5, 0.6) is 0 Å². The number of carbonyl (C=O) groups is 3. The summed E-state index contributed by atoms with van der Waals surface area (Å²) in [5.41, 5.74) is 5.48. The summed E-state index contributed by atoms with van der Waals surface area (Å²) in [4.78, 5) is 36.3. The number of esters is 1. The molecule has 2 atom stereocenters. The van der Waals surface area contributed by atoms with Crippen LogP contribution in [0.25, 0.3) is 0 Å². The average Bonchev–Trinajstić information content (AvgIpc) is 3.08. The maximum atomic E-state index is 12.7. The Morgan fingerprint density at radius 1 is 0.571 bits per heavy atom. The van der Waals surface area contributed by atoms with Crippen molar-refractivity contribution >= 4 is 17.8 Å². The minimum Gasteiger partial charge on any atom is -0.480 e. The van der Waals surface area contributed by atoms with Crippen molar-refractivity contribution in [2.75, 3.05) is 6.54 Å². The third-order valence-corrected chi connectivity index (χ3v) is 9.58. The van der Waals surface area contributed by atoms with Crippen LogP contribution in [0.15, 0.2) is 12.2 Å². The van der Waals surface area contributed by atoms with Crippen LogP contribution in [-0.2, 0) is 19.1 Å². The normalized spacial score (nSPS) is 12.7. The van der Waals surface area contributed by atoms with Gasteiger partial charge >= 0.3 is 11.9 Å². The van der Waals surface area contributed by atoms with Gasteiger partial charge in [0.1, 0.15) is 12.1 Å². The van der Waals surface area contributed by atoms with Gasteiger partial charge in [-0.1, -0.05) is 148 Å². The molecule has 0 spiro atoms. The zero-order chi connectivity index (χ0) is 36.0. The Kier molecular flexibility index (Phi) is 35.9. The van der Waals surface area contributed by atoms with Crippen molar-refractivity contribution in [2.24, 2.45) is 5.73 Å². The Labute approximate surface area is 302 Å². The van der Waals surface area contributed by atoms with Crippen molar-refractivity contribution in [1.82, 2.24) is 5.32 Å². The zero-order valence-electron chi connectivity index (χ0n) is 32.3. The molecule has 0 aliphatic carbocycles. The number of aliphatic carboxylic acids is 1. The predicted octanol–water partition coefficient (Wildman–Crippen LogP) is 11.5. The first kappa shape index (κ1) is 47.1. The number of carboxylic acids is 1. The number of carbonyl (C=O) groups excluding carboxylic acids is 2. The first-order valence-corrected chi connectivity index (χ1v) is 21.0. The van der Waals surface area contributed by atoms with Crippen molar-refractivity contribution in [3.05, 3.63) is 12.2 Å². The summed E-state index contributed by atoms with van der Waals surface area (Å²) in [6.07, 6.45) is 39.6. The van der Waals surface area contributed by atoms with Crippen LogP contribution in [-0.4, -0.2) is 41.6 Å². The molecular weight excluding hydrogens is 612 g/mol. The van der Waals surface area contributed by atoms with Crippen LogP contribution in [0, 0.1) is 0 Å². The molecule has 0 fully saturated rings. The Hall–Kier alpha value is -1.89. The predicted molar refractivity (Wildman–Crippen MR) is 207 cm³/mol. The molecule has 0 aromatic carbocycles. The van der Waals surface area contributed by atoms with Gasteiger partial charge in [0.25, 0.3) is 0 Å². The number of hydrogen-bond acceptors (Lipinski definition) is 5. The summed E-state index contributed by atoms with van der Waals surface area (Å²) in [5, 5.41) is 11.9. The molecule has 0 aliphatic heterocycles. The van der Waals surface area contributed by atoms with Crippen LogP contribution in [0.4, 0.5) is 0 Å². The van der Waals surface area contributed by atoms with Gasteiger partial charge in [-0.2, -0.15) is 0 Å². The largest absolute Gasteiger partial charge is 0.480 e. The topological polar surface area (TPSA) is 119 Å². The smallest absolute Gasteiger partial charge is 0.326 e. The number of unbranched alkanes of at least 4 members (excludes halogenated alkanes) is 22. The van der Waals surface area contributed by atoms with E-state index in [-0.39, 0.29) is 18.0 Å². The molecule has 0 aromatic rings. The van der Waals surface area contributed by atoms with Gasteiger partial charge in [0.2, 0.25) is 5.91 Å². The molecule has 0 saturated heterocycles. The SMILES string of the molecule is CCCC/C=C\CCCCCCCC(=O)OC(CCCCCCCCCCCCCC)CCCCCCCC(=O)NC(CCCN)C(=O)O. The molecule has 4 N–H and O–H groups in total. The number of hydrogen-bond donors (Lipinski definition) is 3. The molecule has 1 amide bonds. The monoisotopic (exact) mass is 693 g/mol. The van der Waals surface area contributed by atoms with E-state index >= 15 is 0 Å². The number of allylic oxidation sites excluding steroid dienone is 2. The van der Waals surface area contributed by atoms with Crippen molar-refractivity contribution in [1.29, 1.82) is 0 Å². The van der Waals surface area contributed by atoms with E-state index in [9.17, 15) is 19.5 Å². The molecule has 0 radical (unpaired) electrons. The van der Waals surface area contributed by atoms with Gasteiger partial charge in [-0.05, 0) is 77.2 Å². The van der Waals surface area contributed by atoms with E-state index in [4.69, 9.17) is 10.5 Å². The molecule has 0 aliphatic rings. The lowest BCUT2D eigenvalue weighted by atomic mass is 10.0. The Morgan fingerprint density at radius 3 is 1.53 bits per heavy atom. The van der Waals surface area contributed by atoms with Gasteiger partial charge in [0.05, 0.1) is 0 Å². The highest BCUT2D eigenvalue weighted by atomic mass is 16.5. The fraction of sp³-hybridized carbons (Fsp3) is 0.881. The second-order valence-electron chi connectivity index (χ2n) is 14.4. The molecule has 0 saturated carbocycles. The first-order valence-electron chi connectivity index (χ1n) is 21.0. The van der Waals surface area contributed by atoms with Crippen molar-refractivity contribution in [3.8, 4) is 0 Å². The Balaban J connectivity index is 4.32. The van der Waals surface area contributed by atoms with E-state index in [2.05, 4.69) is 31.3 Å². The summed E-state index contributed by atoms with van der Waals surface area (Å²) >= 11 is 0. The second kappa shape index (κ2) is 37.4. The van der Waals surface area contributed by atoms with Gasteiger partial charge in [0, 0.05) is 12.8 Å². The third-order valence-electron chi connectivity index (χ3n) is 9.58. The lowest BCUT2D eigenvalue weighted by Crippen LogP contribution is -2.40. The Morgan fingerprint density at radius 2 is 1.02 bits per heavy atom. The van der Waals surface area contributed by atoms with Crippen molar-refractivity contribution < 1.29 is 24.2 Å². The second-order valence-corrected chi connectivity index (χ2v) is 14.4. The number of nitrogens with one attached hydrogen (secondary N) is 1. The number of amides is 1. The zero-order valence-corrected chi connectivity index (χ0v) is 32.3. The fourth-order valence-electron chi connectivity index (χ4n) is 6.37. The molecule has 7 heteroatoms. The van der Waals surface area contributed by atoms with Crippen molar-refractivity contribution in [2.45, 2.75) is 231 Å². The minimum absolute atomic E-state index is 0.0161. The van der Waals surface area contributed by atoms with Gasteiger partial charge in [-0.25, -0.2) is 4.79 Å². The minimum atomic E-state index is -1.00. The van der Waals surface area contributed by atoms with E-state index in [1.54, 1.807) is 0 Å². The molecule has 0 heterocycles. The summed E-state index contributed by atoms with van der Waals surface area (Å²) in [7, 11) is 0. The highest BCUT2D eigenvalue weighted by molar-refractivity contribution is 5.83.